The van der Waals surface area contributed by atoms with Crippen LogP contribution < -0.4 is 5.73 Å². The molecular formula is C17H31NO5. The number of ether oxygens (including phenoxy) is 2. The van der Waals surface area contributed by atoms with E-state index in [2.05, 4.69) is 0 Å². The topological polar surface area (TPSA) is 95.7 Å². The number of unbranched alkanes of at least 4 members (excludes halogenated alkanes) is 2. The van der Waals surface area contributed by atoms with Crippen LogP contribution in [0.15, 0.2) is 0 Å². The molecule has 2 atom stereocenters. The van der Waals surface area contributed by atoms with Crippen molar-refractivity contribution in [2.75, 3.05) is 13.2 Å². The van der Waals surface area contributed by atoms with E-state index in [9.17, 15) is 14.4 Å². The van der Waals surface area contributed by atoms with E-state index in [1.54, 1.807) is 0 Å². The Kier molecular flexibility index (Phi) is 12.2. The highest BCUT2D eigenvalue weighted by molar-refractivity contribution is 5.91. The van der Waals surface area contributed by atoms with Gasteiger partial charge in [-0.25, -0.2) is 0 Å². The quantitative estimate of drug-likeness (QED) is 0.412. The molecular weight excluding hydrogens is 298 g/mol. The molecule has 0 spiro atoms. The smallest absolute Gasteiger partial charge is 0.323 e. The lowest BCUT2D eigenvalue weighted by Crippen LogP contribution is -2.44. The van der Waals surface area contributed by atoms with Gasteiger partial charge in [0, 0.05) is 6.42 Å². The third-order valence-electron chi connectivity index (χ3n) is 3.51. The van der Waals surface area contributed by atoms with E-state index in [1.165, 1.54) is 0 Å². The summed E-state index contributed by atoms with van der Waals surface area (Å²) >= 11 is 0. The van der Waals surface area contributed by atoms with Crippen molar-refractivity contribution in [1.82, 2.24) is 0 Å². The van der Waals surface area contributed by atoms with Crippen molar-refractivity contribution in [2.45, 2.75) is 71.8 Å². The van der Waals surface area contributed by atoms with E-state index in [-0.39, 0.29) is 25.2 Å². The summed E-state index contributed by atoms with van der Waals surface area (Å²) in [6.45, 7) is 6.43. The summed E-state index contributed by atoms with van der Waals surface area (Å²) in [4.78, 5) is 36.0. The summed E-state index contributed by atoms with van der Waals surface area (Å²) in [7, 11) is 0. The van der Waals surface area contributed by atoms with Gasteiger partial charge in [0.05, 0.1) is 25.6 Å². The molecule has 0 bridgehead atoms. The van der Waals surface area contributed by atoms with Crippen LogP contribution in [0.4, 0.5) is 0 Å². The number of nitrogens with two attached hydrogens (primary N) is 1. The predicted octanol–water partition coefficient (Wildman–Crippen LogP) is 2.38. The molecule has 134 valence electrons. The molecule has 0 fully saturated rings. The Labute approximate surface area is 139 Å². The van der Waals surface area contributed by atoms with Crippen molar-refractivity contribution < 1.29 is 23.9 Å². The Morgan fingerprint density at radius 2 is 1.48 bits per heavy atom. The summed E-state index contributed by atoms with van der Waals surface area (Å²) in [5, 5.41) is 0. The number of hydrogen-bond acceptors (Lipinski definition) is 6. The van der Waals surface area contributed by atoms with Crippen LogP contribution in [0.2, 0.25) is 0 Å². The molecule has 0 aliphatic carbocycles. The maximum Gasteiger partial charge on any atom is 0.323 e. The zero-order valence-electron chi connectivity index (χ0n) is 14.6. The molecule has 0 aromatic heterocycles. The van der Waals surface area contributed by atoms with Crippen LogP contribution in [0, 0.1) is 5.92 Å². The summed E-state index contributed by atoms with van der Waals surface area (Å²) in [6.07, 6.45) is 4.06. The van der Waals surface area contributed by atoms with Gasteiger partial charge in [0.2, 0.25) is 0 Å². The zero-order valence-corrected chi connectivity index (χ0v) is 14.6. The van der Waals surface area contributed by atoms with Gasteiger partial charge in [0.15, 0.2) is 0 Å². The number of carbonyl (C=O) groups is 3. The van der Waals surface area contributed by atoms with Crippen LogP contribution in [-0.4, -0.2) is 37.0 Å². The Morgan fingerprint density at radius 3 is 2.00 bits per heavy atom. The van der Waals surface area contributed by atoms with E-state index in [1.807, 2.05) is 20.8 Å². The second kappa shape index (κ2) is 13.0. The summed E-state index contributed by atoms with van der Waals surface area (Å²) < 4.78 is 10.1. The van der Waals surface area contributed by atoms with Crippen molar-refractivity contribution in [3.63, 3.8) is 0 Å². The zero-order chi connectivity index (χ0) is 17.7. The lowest BCUT2D eigenvalue weighted by molar-refractivity contribution is -0.152. The number of Topliss-reactive ketones (excluding diaryl/α,β-unsaturated/α-hetero) is 1. The highest BCUT2D eigenvalue weighted by atomic mass is 16.5. The fourth-order valence-corrected chi connectivity index (χ4v) is 2.02. The van der Waals surface area contributed by atoms with E-state index < -0.39 is 23.9 Å². The third-order valence-corrected chi connectivity index (χ3v) is 3.51. The van der Waals surface area contributed by atoms with E-state index in [4.69, 9.17) is 15.2 Å². The fourth-order valence-electron chi connectivity index (χ4n) is 2.02. The van der Waals surface area contributed by atoms with Crippen LogP contribution >= 0.6 is 0 Å². The van der Waals surface area contributed by atoms with Gasteiger partial charge in [-0.05, 0) is 19.3 Å². The van der Waals surface area contributed by atoms with E-state index in [0.29, 0.717) is 13.0 Å². The number of carbonyl (C=O) groups excluding carboxylic acids is 3. The van der Waals surface area contributed by atoms with Crippen LogP contribution in [0.5, 0.6) is 0 Å². The SMILES string of the molecule is CCCCOC(=O)CC(C(=O)CCC)[C@H](N)C(=O)OCCCC. The van der Waals surface area contributed by atoms with Crippen molar-refractivity contribution in [3.05, 3.63) is 0 Å². The Morgan fingerprint density at radius 1 is 0.913 bits per heavy atom. The van der Waals surface area contributed by atoms with Crippen molar-refractivity contribution in [1.29, 1.82) is 0 Å². The highest BCUT2D eigenvalue weighted by Gasteiger charge is 2.33. The first-order valence-corrected chi connectivity index (χ1v) is 8.58. The van der Waals surface area contributed by atoms with Crippen LogP contribution in [0.3, 0.4) is 0 Å². The first-order chi connectivity index (χ1) is 11.0. The van der Waals surface area contributed by atoms with Gasteiger partial charge in [0.1, 0.15) is 11.8 Å². The van der Waals surface area contributed by atoms with Crippen molar-refractivity contribution in [3.8, 4) is 0 Å². The number of esters is 2. The van der Waals surface area contributed by atoms with Gasteiger partial charge < -0.3 is 15.2 Å². The lowest BCUT2D eigenvalue weighted by Gasteiger charge is -2.21. The molecule has 23 heavy (non-hydrogen) atoms. The van der Waals surface area contributed by atoms with Crippen molar-refractivity contribution >= 4 is 17.7 Å². The molecule has 0 amide bonds. The van der Waals surface area contributed by atoms with Gasteiger partial charge in [-0.15, -0.1) is 0 Å². The van der Waals surface area contributed by atoms with Gasteiger partial charge in [0.25, 0.3) is 0 Å². The Balaban J connectivity index is 4.68. The number of ketones is 1. The minimum absolute atomic E-state index is 0.174. The Hall–Kier alpha value is -1.43. The van der Waals surface area contributed by atoms with Crippen LogP contribution in [0.25, 0.3) is 0 Å². The number of hydrogen-bond donors (Lipinski definition) is 1. The largest absolute Gasteiger partial charge is 0.466 e. The average molecular weight is 329 g/mol. The van der Waals surface area contributed by atoms with E-state index >= 15 is 0 Å². The monoisotopic (exact) mass is 329 g/mol. The standard InChI is InChI=1S/C17H31NO5/c1-4-7-10-22-15(20)12-13(14(19)9-6-3)16(18)17(21)23-11-8-5-2/h13,16H,4-12,18H2,1-3H3/t13?,16-/m0/s1. The molecule has 0 saturated heterocycles. The Bertz CT molecular complexity index is 370. The fraction of sp³-hybridized carbons (Fsp3) is 0.824. The minimum atomic E-state index is -1.12. The summed E-state index contributed by atoms with van der Waals surface area (Å²) in [6, 6.07) is -1.12. The molecule has 6 nitrogen and oxygen atoms in total. The molecule has 0 radical (unpaired) electrons. The van der Waals surface area contributed by atoms with Gasteiger partial charge >= 0.3 is 11.9 Å². The molecule has 1 unspecified atom stereocenters. The second-order valence-electron chi connectivity index (χ2n) is 5.65. The second-order valence-corrected chi connectivity index (χ2v) is 5.65. The predicted molar refractivity (Wildman–Crippen MR) is 87.7 cm³/mol. The average Bonchev–Trinajstić information content (AvgIpc) is 2.52. The van der Waals surface area contributed by atoms with Crippen LogP contribution in [-0.2, 0) is 23.9 Å². The van der Waals surface area contributed by atoms with Crippen molar-refractivity contribution in [2.24, 2.45) is 11.7 Å². The first-order valence-electron chi connectivity index (χ1n) is 8.58. The van der Waals surface area contributed by atoms with Gasteiger partial charge in [-0.3, -0.25) is 14.4 Å². The molecule has 0 rings (SSSR count). The molecule has 2 N–H and O–H groups in total. The number of rotatable bonds is 13. The molecule has 0 saturated carbocycles. The molecule has 0 heterocycles. The maximum atomic E-state index is 12.2. The molecule has 0 aromatic carbocycles. The first kappa shape index (κ1) is 21.6. The normalized spacial score (nSPS) is 13.2. The van der Waals surface area contributed by atoms with Gasteiger partial charge in [-0.1, -0.05) is 33.6 Å². The summed E-state index contributed by atoms with van der Waals surface area (Å²) in [5.74, 6) is -2.20. The summed E-state index contributed by atoms with van der Waals surface area (Å²) in [5.41, 5.74) is 5.87. The van der Waals surface area contributed by atoms with Crippen LogP contribution in [0.1, 0.15) is 65.7 Å². The van der Waals surface area contributed by atoms with Gasteiger partial charge in [-0.2, -0.15) is 0 Å². The van der Waals surface area contributed by atoms with E-state index in [0.717, 1.165) is 25.7 Å². The maximum absolute atomic E-state index is 12.2. The lowest BCUT2D eigenvalue weighted by atomic mass is 9.90. The molecule has 6 heteroatoms. The third kappa shape index (κ3) is 9.33. The highest BCUT2D eigenvalue weighted by Crippen LogP contribution is 2.15. The molecule has 0 aromatic rings. The molecule has 0 aliphatic heterocycles. The molecule has 0 aliphatic rings. The minimum Gasteiger partial charge on any atom is -0.466 e.